The van der Waals surface area contributed by atoms with Gasteiger partial charge < -0.3 is 20.4 Å². The van der Waals surface area contributed by atoms with Gasteiger partial charge in [0, 0.05) is 38.6 Å². The summed E-state index contributed by atoms with van der Waals surface area (Å²) in [6.45, 7) is 6.23. The van der Waals surface area contributed by atoms with Crippen LogP contribution in [-0.4, -0.2) is 67.6 Å². The number of nitrogens with one attached hydrogen (secondary N) is 2. The van der Waals surface area contributed by atoms with Crippen LogP contribution in [0.15, 0.2) is 0 Å². The van der Waals surface area contributed by atoms with Crippen molar-refractivity contribution in [2.75, 3.05) is 45.8 Å². The number of carbonyl (C=O) groups excluding carboxylic acids is 2. The smallest absolute Gasteiger partial charge is 0.319 e. The summed E-state index contributed by atoms with van der Waals surface area (Å²) in [6.07, 6.45) is 6.16. The Hall–Kier alpha value is -1.30. The highest BCUT2D eigenvalue weighted by molar-refractivity contribution is 5.79. The Kier molecular flexibility index (Phi) is 5.75. The minimum atomic E-state index is 0.0827. The lowest BCUT2D eigenvalue weighted by molar-refractivity contribution is -0.126. The number of nitrogens with zero attached hydrogens (tertiary/aromatic N) is 2. The van der Waals surface area contributed by atoms with Crippen molar-refractivity contribution in [2.45, 2.75) is 38.5 Å². The van der Waals surface area contributed by atoms with Gasteiger partial charge in [-0.2, -0.15) is 0 Å². The van der Waals surface area contributed by atoms with Gasteiger partial charge in [-0.15, -0.1) is 0 Å². The van der Waals surface area contributed by atoms with E-state index >= 15 is 0 Å². The molecule has 0 saturated carbocycles. The van der Waals surface area contributed by atoms with Gasteiger partial charge in [0.2, 0.25) is 5.91 Å². The number of urea groups is 1. The molecule has 0 radical (unpaired) electrons. The third kappa shape index (κ3) is 4.37. The first kappa shape index (κ1) is 16.6. The quantitative estimate of drug-likeness (QED) is 0.812. The van der Waals surface area contributed by atoms with Crippen LogP contribution in [0.2, 0.25) is 0 Å². The number of likely N-dealkylation sites (tertiary alicyclic amines) is 2. The van der Waals surface area contributed by atoms with Gasteiger partial charge in [-0.1, -0.05) is 0 Å². The molecule has 0 bridgehead atoms. The first-order valence-electron chi connectivity index (χ1n) is 9.26. The minimum Gasteiger partial charge on any atom is -0.356 e. The lowest BCUT2D eigenvalue weighted by atomic mass is 9.96. The summed E-state index contributed by atoms with van der Waals surface area (Å²) in [5.41, 5.74) is 0. The van der Waals surface area contributed by atoms with Gasteiger partial charge in [-0.3, -0.25) is 4.79 Å². The Balaban J connectivity index is 1.34. The molecule has 3 amide bonds. The van der Waals surface area contributed by atoms with Crippen molar-refractivity contribution >= 4 is 11.9 Å². The molecule has 1 unspecified atom stereocenters. The Morgan fingerprint density at radius 1 is 1.00 bits per heavy atom. The molecule has 23 heavy (non-hydrogen) atoms. The third-order valence-corrected chi connectivity index (χ3v) is 5.53. The standard InChI is InChI=1S/C17H30N4O2/c22-16(19-8-4-14-3-7-18-13-14)15-5-11-21(12-6-15)17(23)20-9-1-2-10-20/h14-15,18H,1-13H2,(H,19,22). The molecule has 1 atom stereocenters. The fourth-order valence-electron chi connectivity index (χ4n) is 3.95. The van der Waals surface area contributed by atoms with Crippen LogP contribution < -0.4 is 10.6 Å². The fraction of sp³-hybridized carbons (Fsp3) is 0.882. The van der Waals surface area contributed by atoms with Crippen molar-refractivity contribution < 1.29 is 9.59 Å². The van der Waals surface area contributed by atoms with Crippen LogP contribution in [0, 0.1) is 11.8 Å². The topological polar surface area (TPSA) is 64.7 Å². The van der Waals surface area contributed by atoms with Gasteiger partial charge in [0.05, 0.1) is 0 Å². The van der Waals surface area contributed by atoms with E-state index in [1.165, 1.54) is 6.42 Å². The molecule has 3 heterocycles. The maximum atomic E-state index is 12.3. The van der Waals surface area contributed by atoms with E-state index in [0.29, 0.717) is 0 Å². The van der Waals surface area contributed by atoms with Gasteiger partial charge in [0.1, 0.15) is 0 Å². The van der Waals surface area contributed by atoms with E-state index in [9.17, 15) is 9.59 Å². The molecule has 0 aromatic rings. The van der Waals surface area contributed by atoms with Crippen LogP contribution in [0.3, 0.4) is 0 Å². The van der Waals surface area contributed by atoms with E-state index in [4.69, 9.17) is 0 Å². The van der Waals surface area contributed by atoms with Crippen LogP contribution in [-0.2, 0) is 4.79 Å². The highest BCUT2D eigenvalue weighted by Crippen LogP contribution is 2.20. The first-order chi connectivity index (χ1) is 11.2. The Morgan fingerprint density at radius 3 is 2.35 bits per heavy atom. The zero-order chi connectivity index (χ0) is 16.1. The van der Waals surface area contributed by atoms with Crippen molar-refractivity contribution in [1.82, 2.24) is 20.4 Å². The average molecular weight is 322 g/mol. The monoisotopic (exact) mass is 322 g/mol. The van der Waals surface area contributed by atoms with E-state index in [-0.39, 0.29) is 17.9 Å². The average Bonchev–Trinajstić information content (AvgIpc) is 3.28. The summed E-state index contributed by atoms with van der Waals surface area (Å²) >= 11 is 0. The largest absolute Gasteiger partial charge is 0.356 e. The maximum absolute atomic E-state index is 12.3. The summed E-state index contributed by atoms with van der Waals surface area (Å²) in [7, 11) is 0. The Bertz CT molecular complexity index is 409. The van der Waals surface area contributed by atoms with Gasteiger partial charge in [-0.25, -0.2) is 4.79 Å². The second kappa shape index (κ2) is 7.99. The normalized spacial score (nSPS) is 25.8. The molecule has 0 spiro atoms. The second-order valence-electron chi connectivity index (χ2n) is 7.18. The number of hydrogen-bond donors (Lipinski definition) is 2. The van der Waals surface area contributed by atoms with Crippen molar-refractivity contribution in [1.29, 1.82) is 0 Å². The van der Waals surface area contributed by atoms with Crippen LogP contribution in [0.4, 0.5) is 4.79 Å². The van der Waals surface area contributed by atoms with Gasteiger partial charge >= 0.3 is 6.03 Å². The molecule has 6 nitrogen and oxygen atoms in total. The van der Waals surface area contributed by atoms with Crippen LogP contribution in [0.5, 0.6) is 0 Å². The SMILES string of the molecule is O=C(NCCC1CCNC1)C1CCN(C(=O)N2CCCC2)CC1. The molecule has 3 fully saturated rings. The molecule has 0 aromatic carbocycles. The summed E-state index contributed by atoms with van der Waals surface area (Å²) < 4.78 is 0. The van der Waals surface area contributed by atoms with Crippen LogP contribution in [0.1, 0.15) is 38.5 Å². The molecule has 0 aromatic heterocycles. The van der Waals surface area contributed by atoms with Gasteiger partial charge in [0.25, 0.3) is 0 Å². The molecule has 3 rings (SSSR count). The number of rotatable bonds is 4. The molecule has 2 N–H and O–H groups in total. The van der Waals surface area contributed by atoms with Crippen molar-refractivity contribution in [3.05, 3.63) is 0 Å². The second-order valence-corrected chi connectivity index (χ2v) is 7.18. The summed E-state index contributed by atoms with van der Waals surface area (Å²) in [4.78, 5) is 28.5. The number of hydrogen-bond acceptors (Lipinski definition) is 3. The molecular weight excluding hydrogens is 292 g/mol. The van der Waals surface area contributed by atoms with E-state index in [1.54, 1.807) is 0 Å². The van der Waals surface area contributed by atoms with E-state index in [0.717, 1.165) is 83.8 Å². The van der Waals surface area contributed by atoms with Crippen molar-refractivity contribution in [2.24, 2.45) is 11.8 Å². The first-order valence-corrected chi connectivity index (χ1v) is 9.26. The predicted octanol–water partition coefficient (Wildman–Crippen LogP) is 1.03. The fourth-order valence-corrected chi connectivity index (χ4v) is 3.95. The van der Waals surface area contributed by atoms with Gasteiger partial charge in [0.15, 0.2) is 0 Å². The zero-order valence-corrected chi connectivity index (χ0v) is 14.1. The highest BCUT2D eigenvalue weighted by atomic mass is 16.2. The molecule has 3 aliphatic heterocycles. The lowest BCUT2D eigenvalue weighted by Gasteiger charge is -2.34. The lowest BCUT2D eigenvalue weighted by Crippen LogP contribution is -2.47. The van der Waals surface area contributed by atoms with Crippen LogP contribution >= 0.6 is 0 Å². The van der Waals surface area contributed by atoms with E-state index < -0.39 is 0 Å². The number of amides is 3. The third-order valence-electron chi connectivity index (χ3n) is 5.53. The van der Waals surface area contributed by atoms with E-state index in [2.05, 4.69) is 10.6 Å². The number of carbonyl (C=O) groups is 2. The summed E-state index contributed by atoms with van der Waals surface area (Å²) in [5.74, 6) is 0.985. The molecule has 0 aliphatic carbocycles. The maximum Gasteiger partial charge on any atom is 0.319 e. The minimum absolute atomic E-state index is 0.0827. The summed E-state index contributed by atoms with van der Waals surface area (Å²) in [6, 6.07) is 0.176. The van der Waals surface area contributed by atoms with E-state index in [1.807, 2.05) is 9.80 Å². The van der Waals surface area contributed by atoms with Crippen molar-refractivity contribution in [3.8, 4) is 0 Å². The molecule has 3 saturated heterocycles. The number of piperidine rings is 1. The Labute approximate surface area is 139 Å². The zero-order valence-electron chi connectivity index (χ0n) is 14.1. The predicted molar refractivity (Wildman–Crippen MR) is 89.1 cm³/mol. The molecule has 3 aliphatic rings. The summed E-state index contributed by atoms with van der Waals surface area (Å²) in [5, 5.41) is 6.46. The van der Waals surface area contributed by atoms with Crippen molar-refractivity contribution in [3.63, 3.8) is 0 Å². The van der Waals surface area contributed by atoms with Gasteiger partial charge in [-0.05, 0) is 57.5 Å². The van der Waals surface area contributed by atoms with Crippen LogP contribution in [0.25, 0.3) is 0 Å². The molecule has 6 heteroatoms. The molecule has 130 valence electrons. The highest BCUT2D eigenvalue weighted by Gasteiger charge is 2.30. The Morgan fingerprint density at radius 2 is 1.70 bits per heavy atom. The molecular formula is C17H30N4O2.